The fourth-order valence-corrected chi connectivity index (χ4v) is 3.19. The standard InChI is InChI=1S/C12H21N5O9P2/c13-12-15-10-9(11(18)16-12)14-6-17(10)4-8(5-25-7-28(22,23)24)26-2-1-3-27(19,20)21/h6,8H,1-5,7H2,(H2,19,20,21)(H2,22,23,24)(H3,13,15,16,18)/t8-/m1/s1. The summed E-state index contributed by atoms with van der Waals surface area (Å²) in [6.07, 6.45) is -0.561. The molecule has 2 aromatic heterocycles. The highest BCUT2D eigenvalue weighted by Crippen LogP contribution is 2.35. The van der Waals surface area contributed by atoms with Gasteiger partial charge in [0, 0.05) is 6.61 Å². The van der Waals surface area contributed by atoms with Gasteiger partial charge in [-0.2, -0.15) is 4.98 Å². The number of nitrogens with two attached hydrogens (primary N) is 1. The van der Waals surface area contributed by atoms with Gasteiger partial charge in [-0.15, -0.1) is 0 Å². The number of rotatable bonds is 11. The SMILES string of the molecule is Nc1nc2c(ncn2C[C@H](COCP(=O)(O)O)OCCCP(=O)(O)O)c(=O)[nH]1. The van der Waals surface area contributed by atoms with E-state index < -0.39 is 33.2 Å². The molecule has 7 N–H and O–H groups in total. The number of nitrogens with zero attached hydrogens (tertiary/aromatic N) is 3. The number of H-pyrrole nitrogens is 1. The highest BCUT2D eigenvalue weighted by Gasteiger charge is 2.19. The molecule has 0 unspecified atom stereocenters. The van der Waals surface area contributed by atoms with E-state index in [-0.39, 0.29) is 49.5 Å². The number of nitrogen functional groups attached to an aromatic ring is 1. The Morgan fingerprint density at radius 1 is 1.25 bits per heavy atom. The summed E-state index contributed by atoms with van der Waals surface area (Å²) in [6, 6.07) is 0. The predicted molar refractivity (Wildman–Crippen MR) is 96.7 cm³/mol. The number of ether oxygens (including phenoxy) is 2. The molecule has 14 nitrogen and oxygen atoms in total. The fourth-order valence-electron chi connectivity index (χ4n) is 2.30. The maximum Gasteiger partial charge on any atom is 0.350 e. The minimum atomic E-state index is -4.37. The van der Waals surface area contributed by atoms with Crippen LogP contribution in [-0.4, -0.2) is 70.9 Å². The van der Waals surface area contributed by atoms with Crippen molar-refractivity contribution < 1.29 is 38.2 Å². The smallest absolute Gasteiger partial charge is 0.350 e. The van der Waals surface area contributed by atoms with Crippen LogP contribution in [0.3, 0.4) is 0 Å². The number of aromatic nitrogens is 4. The molecular weight excluding hydrogens is 420 g/mol. The van der Waals surface area contributed by atoms with Crippen molar-refractivity contribution in [2.75, 3.05) is 31.5 Å². The first-order valence-electron chi connectivity index (χ1n) is 7.94. The van der Waals surface area contributed by atoms with Gasteiger partial charge in [0.2, 0.25) is 5.95 Å². The van der Waals surface area contributed by atoms with E-state index in [4.69, 9.17) is 34.8 Å². The normalized spacial score (nSPS) is 13.9. The van der Waals surface area contributed by atoms with Crippen molar-refractivity contribution in [3.8, 4) is 0 Å². The Morgan fingerprint density at radius 3 is 2.61 bits per heavy atom. The lowest BCUT2D eigenvalue weighted by Gasteiger charge is -2.19. The van der Waals surface area contributed by atoms with Crippen LogP contribution in [0.2, 0.25) is 0 Å². The topological polar surface area (TPSA) is 223 Å². The summed E-state index contributed by atoms with van der Waals surface area (Å²) in [4.78, 5) is 57.5. The van der Waals surface area contributed by atoms with Crippen LogP contribution in [-0.2, 0) is 25.1 Å². The van der Waals surface area contributed by atoms with E-state index in [1.807, 2.05) is 0 Å². The van der Waals surface area contributed by atoms with Crippen molar-refractivity contribution in [2.45, 2.75) is 19.1 Å². The van der Waals surface area contributed by atoms with Gasteiger partial charge in [0.15, 0.2) is 11.2 Å². The second kappa shape index (κ2) is 9.25. The Labute approximate surface area is 158 Å². The average Bonchev–Trinajstić information content (AvgIpc) is 2.92. The van der Waals surface area contributed by atoms with Crippen LogP contribution in [0.25, 0.3) is 11.2 Å². The number of anilines is 1. The summed E-state index contributed by atoms with van der Waals surface area (Å²) in [6.45, 7) is -0.208. The number of nitrogens with one attached hydrogen (secondary N) is 1. The third kappa shape index (κ3) is 7.41. The lowest BCUT2D eigenvalue weighted by Crippen LogP contribution is -2.27. The average molecular weight is 441 g/mol. The number of hydrogen-bond donors (Lipinski definition) is 6. The van der Waals surface area contributed by atoms with Crippen molar-refractivity contribution in [3.05, 3.63) is 16.7 Å². The van der Waals surface area contributed by atoms with E-state index in [0.29, 0.717) is 0 Å². The summed E-state index contributed by atoms with van der Waals surface area (Å²) < 4.78 is 33.8. The summed E-state index contributed by atoms with van der Waals surface area (Å²) in [5.74, 6) is -0.115. The van der Waals surface area contributed by atoms with E-state index in [2.05, 4.69) is 15.0 Å². The molecule has 2 rings (SSSR count). The van der Waals surface area contributed by atoms with Crippen molar-refractivity contribution >= 4 is 32.3 Å². The number of imidazole rings is 1. The van der Waals surface area contributed by atoms with Gasteiger partial charge in [-0.3, -0.25) is 18.9 Å². The van der Waals surface area contributed by atoms with Crippen LogP contribution in [0.5, 0.6) is 0 Å². The minimum Gasteiger partial charge on any atom is -0.374 e. The molecule has 0 spiro atoms. The van der Waals surface area contributed by atoms with Gasteiger partial charge in [0.25, 0.3) is 5.56 Å². The Hall–Kier alpha value is -1.63. The van der Waals surface area contributed by atoms with E-state index in [1.54, 1.807) is 0 Å². The van der Waals surface area contributed by atoms with Crippen molar-refractivity contribution in [1.82, 2.24) is 19.5 Å². The quantitative estimate of drug-likeness (QED) is 0.179. The highest BCUT2D eigenvalue weighted by atomic mass is 31.2. The molecule has 158 valence electrons. The van der Waals surface area contributed by atoms with Crippen LogP contribution in [0.1, 0.15) is 6.42 Å². The first-order valence-corrected chi connectivity index (χ1v) is 11.5. The Balaban J connectivity index is 2.08. The molecule has 0 aliphatic rings. The lowest BCUT2D eigenvalue weighted by molar-refractivity contribution is -0.0166. The van der Waals surface area contributed by atoms with Crippen LogP contribution >= 0.6 is 15.2 Å². The largest absolute Gasteiger partial charge is 0.374 e. The molecule has 0 radical (unpaired) electrons. The predicted octanol–water partition coefficient (Wildman–Crippen LogP) is -1.19. The summed E-state index contributed by atoms with van der Waals surface area (Å²) >= 11 is 0. The Bertz CT molecular complexity index is 949. The van der Waals surface area contributed by atoms with Gasteiger partial charge in [0.05, 0.1) is 31.7 Å². The zero-order valence-corrected chi connectivity index (χ0v) is 16.3. The van der Waals surface area contributed by atoms with Gasteiger partial charge in [-0.05, 0) is 6.42 Å². The fraction of sp³-hybridized carbons (Fsp3) is 0.583. The summed E-state index contributed by atoms with van der Waals surface area (Å²) in [5, 5.41) is 0. The Morgan fingerprint density at radius 2 is 1.96 bits per heavy atom. The zero-order chi connectivity index (χ0) is 20.9. The van der Waals surface area contributed by atoms with E-state index >= 15 is 0 Å². The number of fused-ring (bicyclic) bond motifs is 1. The molecule has 2 aromatic rings. The van der Waals surface area contributed by atoms with Crippen LogP contribution in [0.4, 0.5) is 5.95 Å². The molecule has 0 bridgehead atoms. The molecule has 16 heteroatoms. The molecule has 1 atom stereocenters. The van der Waals surface area contributed by atoms with Gasteiger partial charge < -0.3 is 39.3 Å². The third-order valence-corrected chi connectivity index (χ3v) is 4.82. The van der Waals surface area contributed by atoms with E-state index in [1.165, 1.54) is 10.9 Å². The van der Waals surface area contributed by atoms with Gasteiger partial charge >= 0.3 is 15.2 Å². The maximum absolute atomic E-state index is 11.8. The molecule has 0 aromatic carbocycles. The highest BCUT2D eigenvalue weighted by molar-refractivity contribution is 7.51. The van der Waals surface area contributed by atoms with Crippen molar-refractivity contribution in [3.63, 3.8) is 0 Å². The van der Waals surface area contributed by atoms with E-state index in [9.17, 15) is 13.9 Å². The van der Waals surface area contributed by atoms with Crippen molar-refractivity contribution in [1.29, 1.82) is 0 Å². The second-order valence-corrected chi connectivity index (χ2v) is 9.28. The van der Waals surface area contributed by atoms with Gasteiger partial charge in [-0.25, -0.2) is 4.98 Å². The summed E-state index contributed by atoms with van der Waals surface area (Å²) in [7, 11) is -8.53. The maximum atomic E-state index is 11.8. The first kappa shape index (κ1) is 22.7. The molecular formula is C12H21N5O9P2. The number of aromatic amines is 1. The monoisotopic (exact) mass is 441 g/mol. The minimum absolute atomic E-state index is 0.0299. The van der Waals surface area contributed by atoms with Crippen LogP contribution in [0, 0.1) is 0 Å². The van der Waals surface area contributed by atoms with Gasteiger partial charge in [0.1, 0.15) is 6.35 Å². The zero-order valence-electron chi connectivity index (χ0n) is 14.5. The molecule has 0 saturated heterocycles. The first-order chi connectivity index (χ1) is 12.9. The molecule has 0 aliphatic heterocycles. The van der Waals surface area contributed by atoms with Crippen molar-refractivity contribution in [2.24, 2.45) is 0 Å². The number of hydrogen-bond acceptors (Lipinski definition) is 8. The molecule has 0 saturated carbocycles. The van der Waals surface area contributed by atoms with E-state index in [0.717, 1.165) is 0 Å². The van der Waals surface area contributed by atoms with Crippen LogP contribution < -0.4 is 11.3 Å². The lowest BCUT2D eigenvalue weighted by atomic mass is 10.3. The molecule has 0 amide bonds. The summed E-state index contributed by atoms with van der Waals surface area (Å²) in [5.41, 5.74) is 5.22. The molecule has 0 aliphatic carbocycles. The third-order valence-electron chi connectivity index (χ3n) is 3.40. The Kier molecular flexibility index (Phi) is 7.48. The molecule has 0 fully saturated rings. The van der Waals surface area contributed by atoms with Crippen LogP contribution in [0.15, 0.2) is 11.1 Å². The molecule has 28 heavy (non-hydrogen) atoms. The molecule has 2 heterocycles. The second-order valence-electron chi connectivity index (χ2n) is 5.92. The van der Waals surface area contributed by atoms with Gasteiger partial charge in [-0.1, -0.05) is 0 Å².